The van der Waals surface area contributed by atoms with E-state index in [-0.39, 0.29) is 12.0 Å². The summed E-state index contributed by atoms with van der Waals surface area (Å²) >= 11 is 0. The molecule has 1 heterocycles. The number of urea groups is 1. The first-order valence-corrected chi connectivity index (χ1v) is 9.05. The van der Waals surface area contributed by atoms with Gasteiger partial charge in [0.25, 0.3) is 0 Å². The van der Waals surface area contributed by atoms with E-state index < -0.39 is 0 Å². The van der Waals surface area contributed by atoms with Crippen LogP contribution in [-0.4, -0.2) is 50.2 Å². The summed E-state index contributed by atoms with van der Waals surface area (Å²) in [5, 5.41) is 3.04. The fraction of sp³-hybridized carbons (Fsp3) is 0.333. The molecule has 0 saturated carbocycles. The molecule has 6 heteroatoms. The molecule has 0 spiro atoms. The predicted octanol–water partition coefficient (Wildman–Crippen LogP) is 3.44. The first kappa shape index (κ1) is 18.8. The van der Waals surface area contributed by atoms with Crippen LogP contribution in [0, 0.1) is 13.8 Å². The van der Waals surface area contributed by atoms with Crippen molar-refractivity contribution in [1.82, 2.24) is 4.90 Å². The third kappa shape index (κ3) is 4.05. The van der Waals surface area contributed by atoms with Crippen LogP contribution in [0.5, 0.6) is 0 Å². The van der Waals surface area contributed by atoms with Crippen LogP contribution >= 0.6 is 0 Å². The van der Waals surface area contributed by atoms with Gasteiger partial charge in [0.2, 0.25) is 0 Å². The van der Waals surface area contributed by atoms with E-state index in [1.807, 2.05) is 55.1 Å². The van der Waals surface area contributed by atoms with Crippen LogP contribution in [0.15, 0.2) is 42.5 Å². The summed E-state index contributed by atoms with van der Waals surface area (Å²) in [6.07, 6.45) is 0. The Hall–Kier alpha value is -3.02. The molecule has 2 aromatic rings. The number of carbonyl (C=O) groups is 2. The van der Waals surface area contributed by atoms with Crippen LogP contribution in [0.2, 0.25) is 0 Å². The molecule has 0 unspecified atom stereocenters. The average molecular weight is 367 g/mol. The molecule has 1 N–H and O–H groups in total. The van der Waals surface area contributed by atoms with Crippen molar-refractivity contribution in [2.45, 2.75) is 13.8 Å². The second-order valence-electron chi connectivity index (χ2n) is 6.68. The minimum atomic E-state index is -0.346. The maximum atomic E-state index is 12.7. The lowest BCUT2D eigenvalue weighted by Gasteiger charge is -2.36. The van der Waals surface area contributed by atoms with Crippen LogP contribution in [0.3, 0.4) is 0 Å². The summed E-state index contributed by atoms with van der Waals surface area (Å²) in [6, 6.07) is 13.3. The number of carbonyl (C=O) groups excluding carboxylic acids is 2. The summed E-state index contributed by atoms with van der Waals surface area (Å²) < 4.78 is 4.88. The molecule has 0 atom stereocenters. The van der Waals surface area contributed by atoms with Crippen LogP contribution in [0.1, 0.15) is 21.5 Å². The Morgan fingerprint density at radius 3 is 2.19 bits per heavy atom. The Morgan fingerprint density at radius 2 is 1.56 bits per heavy atom. The van der Waals surface area contributed by atoms with E-state index in [2.05, 4.69) is 10.2 Å². The van der Waals surface area contributed by atoms with Crippen molar-refractivity contribution in [1.29, 1.82) is 0 Å². The molecule has 1 aliphatic rings. The highest BCUT2D eigenvalue weighted by molar-refractivity contribution is 5.96. The Labute approximate surface area is 159 Å². The van der Waals surface area contributed by atoms with Crippen LogP contribution in [-0.2, 0) is 4.74 Å². The molecule has 2 aromatic carbocycles. The number of nitrogens with one attached hydrogen (secondary N) is 1. The van der Waals surface area contributed by atoms with E-state index in [1.54, 1.807) is 6.07 Å². The lowest BCUT2D eigenvalue weighted by molar-refractivity contribution is 0.0601. The normalized spacial score (nSPS) is 14.0. The van der Waals surface area contributed by atoms with E-state index in [4.69, 9.17) is 4.74 Å². The lowest BCUT2D eigenvalue weighted by Crippen LogP contribution is -2.50. The maximum absolute atomic E-state index is 12.7. The Bertz CT molecular complexity index is 822. The van der Waals surface area contributed by atoms with Gasteiger partial charge in [-0.1, -0.05) is 30.3 Å². The van der Waals surface area contributed by atoms with Gasteiger partial charge in [-0.05, 0) is 37.1 Å². The number of esters is 1. The number of ether oxygens (including phenoxy) is 1. The topological polar surface area (TPSA) is 61.9 Å². The Balaban J connectivity index is 1.66. The van der Waals surface area contributed by atoms with Gasteiger partial charge >= 0.3 is 12.0 Å². The van der Waals surface area contributed by atoms with Gasteiger partial charge < -0.3 is 19.9 Å². The van der Waals surface area contributed by atoms with Gasteiger partial charge in [-0.3, -0.25) is 0 Å². The summed E-state index contributed by atoms with van der Waals surface area (Å²) in [5.74, 6) is -0.346. The summed E-state index contributed by atoms with van der Waals surface area (Å²) in [7, 11) is 1.38. The van der Waals surface area contributed by atoms with Crippen molar-refractivity contribution in [3.05, 3.63) is 59.2 Å². The highest BCUT2D eigenvalue weighted by Gasteiger charge is 2.24. The standard InChI is InChI=1S/C21H25N3O3/c1-15-7-6-8-16(2)19(15)22-21(26)24-13-11-23(12-14-24)18-10-5-4-9-17(18)20(25)27-3/h4-10H,11-14H2,1-3H3,(H,22,26). The number of anilines is 2. The van der Waals surface area contributed by atoms with Gasteiger partial charge in [0.15, 0.2) is 0 Å². The molecule has 0 aliphatic carbocycles. The SMILES string of the molecule is COC(=O)c1ccccc1N1CCN(C(=O)Nc2c(C)cccc2C)CC1. The fourth-order valence-electron chi connectivity index (χ4n) is 3.38. The molecule has 1 fully saturated rings. The van der Waals surface area contributed by atoms with E-state index in [1.165, 1.54) is 7.11 Å². The number of nitrogens with zero attached hydrogens (tertiary/aromatic N) is 2. The zero-order chi connectivity index (χ0) is 19.4. The number of para-hydroxylation sites is 2. The zero-order valence-corrected chi connectivity index (χ0v) is 16.0. The van der Waals surface area contributed by atoms with Gasteiger partial charge in [0.05, 0.1) is 18.4 Å². The highest BCUT2D eigenvalue weighted by Crippen LogP contribution is 2.24. The monoisotopic (exact) mass is 367 g/mol. The maximum Gasteiger partial charge on any atom is 0.339 e. The predicted molar refractivity (Wildman–Crippen MR) is 107 cm³/mol. The van der Waals surface area contributed by atoms with E-state index in [9.17, 15) is 9.59 Å². The molecule has 3 rings (SSSR count). The van der Waals surface area contributed by atoms with Crippen LogP contribution < -0.4 is 10.2 Å². The smallest absolute Gasteiger partial charge is 0.339 e. The first-order valence-electron chi connectivity index (χ1n) is 9.05. The molecule has 0 bridgehead atoms. The molecular weight excluding hydrogens is 342 g/mol. The van der Waals surface area contributed by atoms with E-state index in [0.717, 1.165) is 22.5 Å². The largest absolute Gasteiger partial charge is 0.465 e. The summed E-state index contributed by atoms with van der Waals surface area (Å²) in [6.45, 7) is 6.48. The molecule has 0 aromatic heterocycles. The number of piperazine rings is 1. The zero-order valence-electron chi connectivity index (χ0n) is 16.0. The third-order valence-electron chi connectivity index (χ3n) is 4.93. The second kappa shape index (κ2) is 8.12. The molecule has 27 heavy (non-hydrogen) atoms. The van der Waals surface area contributed by atoms with E-state index in [0.29, 0.717) is 31.7 Å². The molecular formula is C21H25N3O3. The fourth-order valence-corrected chi connectivity index (χ4v) is 3.38. The van der Waals surface area contributed by atoms with Crippen molar-refractivity contribution in [2.24, 2.45) is 0 Å². The number of amides is 2. The summed E-state index contributed by atoms with van der Waals surface area (Å²) in [5.41, 5.74) is 4.37. The van der Waals surface area contributed by atoms with Crippen molar-refractivity contribution in [3.63, 3.8) is 0 Å². The van der Waals surface area contributed by atoms with Crippen LogP contribution in [0.25, 0.3) is 0 Å². The van der Waals surface area contributed by atoms with Crippen molar-refractivity contribution in [2.75, 3.05) is 43.5 Å². The number of methoxy groups -OCH3 is 1. The molecule has 1 aliphatic heterocycles. The molecule has 142 valence electrons. The number of hydrogen-bond acceptors (Lipinski definition) is 4. The quantitative estimate of drug-likeness (QED) is 0.844. The summed E-state index contributed by atoms with van der Waals surface area (Å²) in [4.78, 5) is 28.6. The van der Waals surface area contributed by atoms with Gasteiger partial charge in [0.1, 0.15) is 0 Å². The molecule has 2 amide bonds. The minimum Gasteiger partial charge on any atom is -0.465 e. The van der Waals surface area contributed by atoms with Crippen molar-refractivity contribution >= 4 is 23.4 Å². The average Bonchev–Trinajstić information content (AvgIpc) is 2.70. The van der Waals surface area contributed by atoms with Gasteiger partial charge in [-0.2, -0.15) is 0 Å². The number of benzene rings is 2. The van der Waals surface area contributed by atoms with Gasteiger partial charge in [-0.25, -0.2) is 9.59 Å². The number of rotatable bonds is 3. The lowest BCUT2D eigenvalue weighted by atomic mass is 10.1. The first-order chi connectivity index (χ1) is 13.0. The van der Waals surface area contributed by atoms with Crippen LogP contribution in [0.4, 0.5) is 16.2 Å². The minimum absolute atomic E-state index is 0.0895. The molecule has 0 radical (unpaired) electrons. The third-order valence-corrected chi connectivity index (χ3v) is 4.93. The number of aryl methyl sites for hydroxylation is 2. The molecule has 1 saturated heterocycles. The van der Waals surface area contributed by atoms with Crippen molar-refractivity contribution in [3.8, 4) is 0 Å². The highest BCUT2D eigenvalue weighted by atomic mass is 16.5. The van der Waals surface area contributed by atoms with E-state index >= 15 is 0 Å². The Morgan fingerprint density at radius 1 is 0.926 bits per heavy atom. The Kier molecular flexibility index (Phi) is 5.64. The number of hydrogen-bond donors (Lipinski definition) is 1. The van der Waals surface area contributed by atoms with Gasteiger partial charge in [-0.15, -0.1) is 0 Å². The van der Waals surface area contributed by atoms with Crippen molar-refractivity contribution < 1.29 is 14.3 Å². The van der Waals surface area contributed by atoms with Gasteiger partial charge in [0, 0.05) is 31.9 Å². The second-order valence-corrected chi connectivity index (χ2v) is 6.68. The molecule has 6 nitrogen and oxygen atoms in total.